The van der Waals surface area contributed by atoms with Gasteiger partial charge in [-0.15, -0.1) is 0 Å². The number of carbonyl (C=O) groups is 2. The third-order valence-corrected chi connectivity index (χ3v) is 4.60. The molecule has 0 unspecified atom stereocenters. The number of hydrogen-bond acceptors (Lipinski definition) is 4. The zero-order valence-electron chi connectivity index (χ0n) is 14.6. The Bertz CT molecular complexity index is 665. The SMILES string of the molecule is C=C1NC(=O)N[C@H](c2ccc(N3CCOCC3)cc2)[C@@H]1C(=O)N(C)C. The standard InChI is InChI=1S/C18H24N4O3/c1-12-15(17(23)21(2)3)16(20-18(24)19-12)13-4-6-14(7-5-13)22-8-10-25-11-9-22/h4-7,15-16H,1,8-11H2,2-3H3,(H2,19,20,24)/t15-,16-/m1/s1. The highest BCUT2D eigenvalue weighted by atomic mass is 16.5. The van der Waals surface area contributed by atoms with Crippen molar-refractivity contribution < 1.29 is 14.3 Å². The van der Waals surface area contributed by atoms with Crippen LogP contribution in [0.3, 0.4) is 0 Å². The maximum absolute atomic E-state index is 12.6. The largest absolute Gasteiger partial charge is 0.378 e. The number of nitrogens with zero attached hydrogens (tertiary/aromatic N) is 2. The van der Waals surface area contributed by atoms with Gasteiger partial charge in [0.25, 0.3) is 0 Å². The number of carbonyl (C=O) groups excluding carboxylic acids is 2. The van der Waals surface area contributed by atoms with E-state index >= 15 is 0 Å². The van der Waals surface area contributed by atoms with E-state index < -0.39 is 12.0 Å². The molecule has 7 nitrogen and oxygen atoms in total. The van der Waals surface area contributed by atoms with E-state index in [2.05, 4.69) is 22.1 Å². The van der Waals surface area contributed by atoms with E-state index in [1.807, 2.05) is 24.3 Å². The Labute approximate surface area is 147 Å². The van der Waals surface area contributed by atoms with Gasteiger partial charge in [0.2, 0.25) is 5.91 Å². The lowest BCUT2D eigenvalue weighted by Gasteiger charge is -2.35. The van der Waals surface area contributed by atoms with Crippen LogP contribution in [0.4, 0.5) is 10.5 Å². The molecule has 2 aliphatic rings. The maximum atomic E-state index is 12.6. The molecule has 25 heavy (non-hydrogen) atoms. The average molecular weight is 344 g/mol. The minimum absolute atomic E-state index is 0.0974. The van der Waals surface area contributed by atoms with E-state index in [0.29, 0.717) is 5.70 Å². The van der Waals surface area contributed by atoms with Crippen LogP contribution in [0.15, 0.2) is 36.5 Å². The van der Waals surface area contributed by atoms with Crippen molar-refractivity contribution in [2.75, 3.05) is 45.3 Å². The van der Waals surface area contributed by atoms with E-state index in [9.17, 15) is 9.59 Å². The lowest BCUT2D eigenvalue weighted by molar-refractivity contribution is -0.132. The highest BCUT2D eigenvalue weighted by Crippen LogP contribution is 2.31. The van der Waals surface area contributed by atoms with Crippen LogP contribution in [0.1, 0.15) is 11.6 Å². The number of urea groups is 1. The second-order valence-electron chi connectivity index (χ2n) is 6.50. The summed E-state index contributed by atoms with van der Waals surface area (Å²) in [6.07, 6.45) is 0. The van der Waals surface area contributed by atoms with Gasteiger partial charge in [-0.3, -0.25) is 4.79 Å². The van der Waals surface area contributed by atoms with Crippen molar-refractivity contribution in [1.29, 1.82) is 0 Å². The fourth-order valence-corrected chi connectivity index (χ4v) is 3.25. The van der Waals surface area contributed by atoms with Crippen molar-refractivity contribution >= 4 is 17.6 Å². The number of amides is 3. The van der Waals surface area contributed by atoms with Crippen molar-refractivity contribution in [3.05, 3.63) is 42.1 Å². The van der Waals surface area contributed by atoms with E-state index in [1.165, 1.54) is 4.90 Å². The van der Waals surface area contributed by atoms with Gasteiger partial charge in [0.1, 0.15) is 5.92 Å². The topological polar surface area (TPSA) is 73.9 Å². The first-order valence-corrected chi connectivity index (χ1v) is 8.37. The van der Waals surface area contributed by atoms with Gasteiger partial charge in [-0.25, -0.2) is 4.79 Å². The molecule has 2 atom stereocenters. The molecule has 134 valence electrons. The van der Waals surface area contributed by atoms with Crippen molar-refractivity contribution in [3.63, 3.8) is 0 Å². The summed E-state index contributed by atoms with van der Waals surface area (Å²) in [5, 5.41) is 5.47. The summed E-state index contributed by atoms with van der Waals surface area (Å²) in [4.78, 5) is 28.2. The van der Waals surface area contributed by atoms with Crippen LogP contribution < -0.4 is 15.5 Å². The molecule has 0 radical (unpaired) electrons. The van der Waals surface area contributed by atoms with Gasteiger partial charge in [-0.2, -0.15) is 0 Å². The van der Waals surface area contributed by atoms with E-state index in [0.717, 1.165) is 37.6 Å². The molecule has 3 amide bonds. The van der Waals surface area contributed by atoms with Crippen LogP contribution in [0.25, 0.3) is 0 Å². The third-order valence-electron chi connectivity index (χ3n) is 4.60. The molecule has 2 saturated heterocycles. The van der Waals surface area contributed by atoms with Crippen molar-refractivity contribution in [2.24, 2.45) is 5.92 Å². The Balaban J connectivity index is 1.85. The molecular formula is C18H24N4O3. The van der Waals surface area contributed by atoms with Gasteiger partial charge in [0.15, 0.2) is 0 Å². The summed E-state index contributed by atoms with van der Waals surface area (Å²) in [5.41, 5.74) is 2.42. The van der Waals surface area contributed by atoms with Crippen molar-refractivity contribution in [1.82, 2.24) is 15.5 Å². The normalized spacial score (nSPS) is 23.7. The summed E-state index contributed by atoms with van der Waals surface area (Å²) in [6.45, 7) is 7.06. The predicted molar refractivity (Wildman–Crippen MR) is 95.2 cm³/mol. The molecule has 0 saturated carbocycles. The average Bonchev–Trinajstić information content (AvgIpc) is 2.61. The molecule has 2 heterocycles. The molecule has 2 fully saturated rings. The smallest absolute Gasteiger partial charge is 0.319 e. The highest BCUT2D eigenvalue weighted by molar-refractivity contribution is 5.88. The van der Waals surface area contributed by atoms with Crippen LogP contribution in [0.5, 0.6) is 0 Å². The molecule has 7 heteroatoms. The Morgan fingerprint density at radius 2 is 1.88 bits per heavy atom. The number of ether oxygens (including phenoxy) is 1. The molecule has 1 aromatic carbocycles. The first kappa shape index (κ1) is 17.3. The predicted octanol–water partition coefficient (Wildman–Crippen LogP) is 1.10. The number of anilines is 1. The van der Waals surface area contributed by atoms with Crippen molar-refractivity contribution in [3.8, 4) is 0 Å². The molecule has 1 aromatic rings. The lowest BCUT2D eigenvalue weighted by Crippen LogP contribution is -2.52. The maximum Gasteiger partial charge on any atom is 0.319 e. The van der Waals surface area contributed by atoms with E-state index in [1.54, 1.807) is 14.1 Å². The molecular weight excluding hydrogens is 320 g/mol. The minimum atomic E-state index is -0.540. The Hall–Kier alpha value is -2.54. The Morgan fingerprint density at radius 1 is 1.24 bits per heavy atom. The molecule has 2 N–H and O–H groups in total. The number of rotatable bonds is 3. The Kier molecular flexibility index (Phi) is 4.94. The van der Waals surface area contributed by atoms with Crippen molar-refractivity contribution in [2.45, 2.75) is 6.04 Å². The summed E-state index contributed by atoms with van der Waals surface area (Å²) >= 11 is 0. The molecule has 0 aromatic heterocycles. The summed E-state index contributed by atoms with van der Waals surface area (Å²) in [5.74, 6) is -0.637. The molecule has 0 bridgehead atoms. The second-order valence-corrected chi connectivity index (χ2v) is 6.50. The van der Waals surface area contributed by atoms with Gasteiger partial charge in [0.05, 0.1) is 19.3 Å². The molecule has 3 rings (SSSR count). The lowest BCUT2D eigenvalue weighted by atomic mass is 9.88. The summed E-state index contributed by atoms with van der Waals surface area (Å²) in [6, 6.07) is 7.20. The van der Waals surface area contributed by atoms with Crippen LogP contribution in [0.2, 0.25) is 0 Å². The molecule has 0 aliphatic carbocycles. The highest BCUT2D eigenvalue weighted by Gasteiger charge is 2.38. The number of benzene rings is 1. The zero-order valence-corrected chi connectivity index (χ0v) is 14.6. The van der Waals surface area contributed by atoms with Crippen LogP contribution >= 0.6 is 0 Å². The Morgan fingerprint density at radius 3 is 2.48 bits per heavy atom. The number of nitrogens with one attached hydrogen (secondary N) is 2. The van der Waals surface area contributed by atoms with Gasteiger partial charge < -0.3 is 25.2 Å². The fourth-order valence-electron chi connectivity index (χ4n) is 3.25. The van der Waals surface area contributed by atoms with Gasteiger partial charge in [0, 0.05) is 38.6 Å². The summed E-state index contributed by atoms with van der Waals surface area (Å²) < 4.78 is 5.38. The summed E-state index contributed by atoms with van der Waals surface area (Å²) in [7, 11) is 3.40. The fraction of sp³-hybridized carbons (Fsp3) is 0.444. The quantitative estimate of drug-likeness (QED) is 0.861. The molecule has 0 spiro atoms. The minimum Gasteiger partial charge on any atom is -0.378 e. The van der Waals surface area contributed by atoms with E-state index in [4.69, 9.17) is 4.74 Å². The van der Waals surface area contributed by atoms with Crippen LogP contribution in [-0.4, -0.2) is 57.2 Å². The monoisotopic (exact) mass is 344 g/mol. The first-order valence-electron chi connectivity index (χ1n) is 8.37. The third kappa shape index (κ3) is 3.61. The van der Waals surface area contributed by atoms with E-state index in [-0.39, 0.29) is 11.9 Å². The van der Waals surface area contributed by atoms with Gasteiger partial charge in [-0.05, 0) is 17.7 Å². The van der Waals surface area contributed by atoms with Crippen LogP contribution in [-0.2, 0) is 9.53 Å². The van der Waals surface area contributed by atoms with Gasteiger partial charge in [-0.1, -0.05) is 18.7 Å². The van der Waals surface area contributed by atoms with Gasteiger partial charge >= 0.3 is 6.03 Å². The number of hydrogen-bond donors (Lipinski definition) is 2. The number of morpholine rings is 1. The molecule has 2 aliphatic heterocycles. The second kappa shape index (κ2) is 7.14. The van der Waals surface area contributed by atoms with Crippen LogP contribution in [0, 0.1) is 5.92 Å². The first-order chi connectivity index (χ1) is 12.0. The zero-order chi connectivity index (χ0) is 18.0.